The van der Waals surface area contributed by atoms with Crippen LogP contribution in [0, 0.1) is 0 Å². The molecule has 0 spiro atoms. The van der Waals surface area contributed by atoms with Crippen molar-refractivity contribution in [1.29, 1.82) is 0 Å². The minimum Gasteiger partial charge on any atom is -0.325 e. The van der Waals surface area contributed by atoms with E-state index in [2.05, 4.69) is 10.3 Å². The van der Waals surface area contributed by atoms with Crippen molar-refractivity contribution in [1.82, 2.24) is 9.55 Å². The van der Waals surface area contributed by atoms with Gasteiger partial charge in [-0.15, -0.1) is 0 Å². The average molecular weight is 442 g/mol. The van der Waals surface area contributed by atoms with E-state index in [9.17, 15) is 13.6 Å². The van der Waals surface area contributed by atoms with Crippen molar-refractivity contribution in [3.63, 3.8) is 0 Å². The monoisotopic (exact) mass is 441 g/mol. The maximum atomic E-state index is 12.4. The van der Waals surface area contributed by atoms with Gasteiger partial charge in [0.1, 0.15) is 0 Å². The fraction of sp³-hybridized carbons (Fsp3) is 0.0909. The minimum absolute atomic E-state index is 0.170. The van der Waals surface area contributed by atoms with Crippen molar-refractivity contribution in [2.75, 3.05) is 11.1 Å². The van der Waals surface area contributed by atoms with Gasteiger partial charge in [0, 0.05) is 16.3 Å². The van der Waals surface area contributed by atoms with Gasteiger partial charge in [-0.2, -0.15) is 8.78 Å². The SMILES string of the molecule is O=C(CSc1nc2ccccc2n1-c1ccccc1)Nc1ccc(SC(F)F)cc1. The zero-order valence-electron chi connectivity index (χ0n) is 15.7. The van der Waals surface area contributed by atoms with E-state index in [1.807, 2.05) is 59.2 Å². The number of amides is 1. The summed E-state index contributed by atoms with van der Waals surface area (Å²) in [7, 11) is 0. The van der Waals surface area contributed by atoms with E-state index in [-0.39, 0.29) is 11.7 Å². The highest BCUT2D eigenvalue weighted by Gasteiger charge is 2.14. The summed E-state index contributed by atoms with van der Waals surface area (Å²) in [5, 5.41) is 3.52. The van der Waals surface area contributed by atoms with E-state index in [0.717, 1.165) is 21.9 Å². The van der Waals surface area contributed by atoms with Gasteiger partial charge in [-0.05, 0) is 48.5 Å². The first-order chi connectivity index (χ1) is 14.6. The summed E-state index contributed by atoms with van der Waals surface area (Å²) in [6, 6.07) is 24.1. The third-order valence-corrected chi connectivity index (χ3v) is 5.90. The third-order valence-electron chi connectivity index (χ3n) is 4.24. The molecule has 1 heterocycles. The molecule has 4 aromatic rings. The molecular formula is C22H17F2N3OS2. The maximum Gasteiger partial charge on any atom is 0.288 e. The lowest BCUT2D eigenvalue weighted by Gasteiger charge is -2.09. The van der Waals surface area contributed by atoms with Crippen LogP contribution >= 0.6 is 23.5 Å². The molecule has 30 heavy (non-hydrogen) atoms. The number of thioether (sulfide) groups is 2. The number of alkyl halides is 2. The van der Waals surface area contributed by atoms with Crippen LogP contribution < -0.4 is 5.32 Å². The number of benzene rings is 3. The Labute approximate surface area is 180 Å². The summed E-state index contributed by atoms with van der Waals surface area (Å²) in [5.74, 6) is -2.49. The van der Waals surface area contributed by atoms with Crippen LogP contribution in [0.15, 0.2) is 88.9 Å². The molecule has 0 saturated heterocycles. The topological polar surface area (TPSA) is 46.9 Å². The highest BCUT2D eigenvalue weighted by molar-refractivity contribution is 8.00. The highest BCUT2D eigenvalue weighted by Crippen LogP contribution is 2.29. The van der Waals surface area contributed by atoms with Gasteiger partial charge >= 0.3 is 0 Å². The number of halogens is 2. The van der Waals surface area contributed by atoms with Gasteiger partial charge in [0.25, 0.3) is 5.76 Å². The summed E-state index contributed by atoms with van der Waals surface area (Å²) >= 11 is 1.82. The quantitative estimate of drug-likeness (QED) is 0.354. The molecule has 0 fully saturated rings. The Kier molecular flexibility index (Phi) is 6.35. The van der Waals surface area contributed by atoms with Crippen LogP contribution in [0.2, 0.25) is 0 Å². The Bertz CT molecular complexity index is 1150. The predicted molar refractivity (Wildman–Crippen MR) is 119 cm³/mol. The van der Waals surface area contributed by atoms with Crippen LogP contribution in [0.1, 0.15) is 0 Å². The predicted octanol–water partition coefficient (Wildman–Crippen LogP) is 6.07. The highest BCUT2D eigenvalue weighted by atomic mass is 32.2. The largest absolute Gasteiger partial charge is 0.325 e. The number of nitrogens with zero attached hydrogens (tertiary/aromatic N) is 2. The van der Waals surface area contributed by atoms with Crippen molar-refractivity contribution in [2.45, 2.75) is 15.8 Å². The molecule has 8 heteroatoms. The number of hydrogen-bond donors (Lipinski definition) is 1. The van der Waals surface area contributed by atoms with Gasteiger partial charge in [0.2, 0.25) is 5.91 Å². The smallest absolute Gasteiger partial charge is 0.288 e. The Hall–Kier alpha value is -2.84. The molecule has 0 bridgehead atoms. The second-order valence-corrected chi connectivity index (χ2v) is 8.30. The van der Waals surface area contributed by atoms with Gasteiger partial charge < -0.3 is 5.32 Å². The van der Waals surface area contributed by atoms with Crippen LogP contribution in [-0.4, -0.2) is 27.0 Å². The molecule has 0 aliphatic rings. The molecule has 0 aliphatic heterocycles. The summed E-state index contributed by atoms with van der Waals surface area (Å²) in [6.45, 7) is 0. The molecule has 1 aromatic heterocycles. The van der Waals surface area contributed by atoms with Crippen LogP contribution in [0.4, 0.5) is 14.5 Å². The number of anilines is 1. The minimum atomic E-state index is -2.47. The van der Waals surface area contributed by atoms with E-state index in [4.69, 9.17) is 0 Å². The molecule has 0 unspecified atom stereocenters. The Morgan fingerprint density at radius 2 is 1.67 bits per heavy atom. The lowest BCUT2D eigenvalue weighted by atomic mass is 10.3. The molecule has 0 saturated carbocycles. The van der Waals surface area contributed by atoms with E-state index >= 15 is 0 Å². The average Bonchev–Trinajstić information content (AvgIpc) is 3.12. The number of rotatable bonds is 7. The number of para-hydroxylation sites is 3. The summed E-state index contributed by atoms with van der Waals surface area (Å²) in [5.41, 5.74) is 3.37. The number of nitrogens with one attached hydrogen (secondary N) is 1. The van der Waals surface area contributed by atoms with E-state index in [0.29, 0.717) is 22.3 Å². The maximum absolute atomic E-state index is 12.4. The summed E-state index contributed by atoms with van der Waals surface area (Å²) < 4.78 is 26.8. The van der Waals surface area contributed by atoms with Crippen LogP contribution in [0.3, 0.4) is 0 Å². The zero-order chi connectivity index (χ0) is 20.9. The van der Waals surface area contributed by atoms with Crippen molar-refractivity contribution in [3.05, 3.63) is 78.9 Å². The van der Waals surface area contributed by atoms with Crippen LogP contribution in [-0.2, 0) is 4.79 Å². The molecule has 1 N–H and O–H groups in total. The Morgan fingerprint density at radius 3 is 2.40 bits per heavy atom. The number of aromatic nitrogens is 2. The molecule has 3 aromatic carbocycles. The summed E-state index contributed by atoms with van der Waals surface area (Å²) in [6.07, 6.45) is 0. The molecule has 0 atom stereocenters. The van der Waals surface area contributed by atoms with Crippen molar-refractivity contribution < 1.29 is 13.6 Å². The first kappa shape index (κ1) is 20.4. The molecule has 0 radical (unpaired) electrons. The fourth-order valence-electron chi connectivity index (χ4n) is 2.97. The van der Waals surface area contributed by atoms with E-state index < -0.39 is 5.76 Å². The molecule has 4 nitrogen and oxygen atoms in total. The molecule has 0 aliphatic carbocycles. The van der Waals surface area contributed by atoms with Gasteiger partial charge in [0.15, 0.2) is 5.16 Å². The number of hydrogen-bond acceptors (Lipinski definition) is 4. The van der Waals surface area contributed by atoms with Crippen molar-refractivity contribution >= 4 is 46.2 Å². The second kappa shape index (κ2) is 9.32. The van der Waals surface area contributed by atoms with Gasteiger partial charge in [-0.25, -0.2) is 4.98 Å². The first-order valence-electron chi connectivity index (χ1n) is 9.10. The fourth-order valence-corrected chi connectivity index (χ4v) is 4.30. The van der Waals surface area contributed by atoms with E-state index in [1.165, 1.54) is 11.8 Å². The van der Waals surface area contributed by atoms with Gasteiger partial charge in [-0.1, -0.05) is 53.9 Å². The number of fused-ring (bicyclic) bond motifs is 1. The van der Waals surface area contributed by atoms with Gasteiger partial charge in [-0.3, -0.25) is 9.36 Å². The normalized spacial score (nSPS) is 11.2. The lowest BCUT2D eigenvalue weighted by molar-refractivity contribution is -0.113. The van der Waals surface area contributed by atoms with Crippen molar-refractivity contribution in [2.24, 2.45) is 0 Å². The molecule has 4 rings (SSSR count). The Balaban J connectivity index is 1.48. The second-order valence-electron chi connectivity index (χ2n) is 6.29. The van der Waals surface area contributed by atoms with E-state index in [1.54, 1.807) is 24.3 Å². The molecule has 152 valence electrons. The number of carbonyl (C=O) groups excluding carboxylic acids is 1. The Morgan fingerprint density at radius 1 is 0.967 bits per heavy atom. The molecular weight excluding hydrogens is 424 g/mol. The lowest BCUT2D eigenvalue weighted by Crippen LogP contribution is -2.14. The van der Waals surface area contributed by atoms with Crippen molar-refractivity contribution in [3.8, 4) is 5.69 Å². The number of imidazole rings is 1. The standard InChI is InChI=1S/C22H17F2N3OS2/c23-21(24)30-17-12-10-15(11-13-17)25-20(28)14-29-22-26-18-8-4-5-9-19(18)27(22)16-6-2-1-3-7-16/h1-13,21H,14H2,(H,25,28). The number of carbonyl (C=O) groups is 1. The van der Waals surface area contributed by atoms with Gasteiger partial charge in [0.05, 0.1) is 16.8 Å². The third kappa shape index (κ3) is 4.83. The first-order valence-corrected chi connectivity index (χ1v) is 11.0. The van der Waals surface area contributed by atoms with Crippen LogP contribution in [0.5, 0.6) is 0 Å². The van der Waals surface area contributed by atoms with Crippen LogP contribution in [0.25, 0.3) is 16.7 Å². The molecule has 1 amide bonds. The zero-order valence-corrected chi connectivity index (χ0v) is 17.3. The summed E-state index contributed by atoms with van der Waals surface area (Å²) in [4.78, 5) is 17.5.